The van der Waals surface area contributed by atoms with Crippen molar-refractivity contribution in [2.24, 2.45) is 5.92 Å². The zero-order valence-electron chi connectivity index (χ0n) is 13.7. The molecular weight excluding hydrogens is 292 g/mol. The lowest BCUT2D eigenvalue weighted by Crippen LogP contribution is -2.36. The van der Waals surface area contributed by atoms with Gasteiger partial charge in [0, 0.05) is 31.0 Å². The summed E-state index contributed by atoms with van der Waals surface area (Å²) in [6, 6.07) is 10.6. The minimum atomic E-state index is 0.340. The van der Waals surface area contributed by atoms with E-state index >= 15 is 0 Å². The average Bonchev–Trinajstić information content (AvgIpc) is 3.16. The van der Waals surface area contributed by atoms with Crippen LogP contribution in [0, 0.1) is 12.8 Å². The van der Waals surface area contributed by atoms with Crippen LogP contribution in [0.3, 0.4) is 0 Å². The first kappa shape index (κ1) is 16.0. The van der Waals surface area contributed by atoms with Crippen molar-refractivity contribution in [3.8, 4) is 5.75 Å². The lowest BCUT2D eigenvalue weighted by molar-refractivity contribution is 0.181. The first-order chi connectivity index (χ1) is 11.2. The molecule has 1 N–H and O–H groups in total. The molecule has 2 aromatic rings. The molecule has 124 valence electrons. The first-order valence-corrected chi connectivity index (χ1v) is 8.19. The maximum absolute atomic E-state index is 5.64. The van der Waals surface area contributed by atoms with Crippen molar-refractivity contribution in [1.29, 1.82) is 0 Å². The van der Waals surface area contributed by atoms with E-state index in [9.17, 15) is 0 Å². The predicted molar refractivity (Wildman–Crippen MR) is 87.5 cm³/mol. The number of hydrogen-bond donors (Lipinski definition) is 1. The van der Waals surface area contributed by atoms with Crippen molar-refractivity contribution in [2.75, 3.05) is 19.8 Å². The summed E-state index contributed by atoms with van der Waals surface area (Å²) in [5.74, 6) is 2.27. The van der Waals surface area contributed by atoms with Gasteiger partial charge in [0.05, 0.1) is 25.5 Å². The Bertz CT molecular complexity index is 609. The molecule has 1 saturated heterocycles. The summed E-state index contributed by atoms with van der Waals surface area (Å²) in [5.41, 5.74) is 2.17. The summed E-state index contributed by atoms with van der Waals surface area (Å²) in [4.78, 5) is 0. The van der Waals surface area contributed by atoms with Gasteiger partial charge in [0.1, 0.15) is 11.5 Å². The molecule has 0 aliphatic carbocycles. The van der Waals surface area contributed by atoms with E-state index in [0.717, 1.165) is 43.4 Å². The molecule has 2 heterocycles. The summed E-state index contributed by atoms with van der Waals surface area (Å²) in [7, 11) is 0. The summed E-state index contributed by atoms with van der Waals surface area (Å²) >= 11 is 0. The summed E-state index contributed by atoms with van der Waals surface area (Å²) in [6.07, 6.45) is 0.863. The summed E-state index contributed by atoms with van der Waals surface area (Å²) in [6.45, 7) is 6.97. The minimum Gasteiger partial charge on any atom is -0.494 e. The van der Waals surface area contributed by atoms with Crippen LogP contribution in [-0.2, 0) is 17.7 Å². The third-order valence-corrected chi connectivity index (χ3v) is 4.14. The van der Waals surface area contributed by atoms with Crippen molar-refractivity contribution < 1.29 is 14.0 Å². The molecule has 3 rings (SSSR count). The van der Waals surface area contributed by atoms with Gasteiger partial charge in [-0.2, -0.15) is 0 Å². The van der Waals surface area contributed by atoms with Crippen LogP contribution in [0.15, 0.2) is 34.9 Å². The van der Waals surface area contributed by atoms with Gasteiger partial charge in [0.15, 0.2) is 0 Å². The number of benzene rings is 1. The van der Waals surface area contributed by atoms with Crippen LogP contribution in [0.4, 0.5) is 0 Å². The fraction of sp³-hybridized carbons (Fsp3) is 0.500. The number of nitrogens with zero attached hydrogens (tertiary/aromatic N) is 1. The van der Waals surface area contributed by atoms with Gasteiger partial charge >= 0.3 is 0 Å². The highest BCUT2D eigenvalue weighted by atomic mass is 16.5. The Labute approximate surface area is 137 Å². The van der Waals surface area contributed by atoms with E-state index in [4.69, 9.17) is 14.0 Å². The second kappa shape index (κ2) is 7.62. The molecule has 0 unspecified atom stereocenters. The fourth-order valence-electron chi connectivity index (χ4n) is 2.92. The molecule has 0 amide bonds. The summed E-state index contributed by atoms with van der Waals surface area (Å²) in [5, 5.41) is 7.55. The van der Waals surface area contributed by atoms with Crippen LogP contribution in [0.1, 0.15) is 23.9 Å². The lowest BCUT2D eigenvalue weighted by Gasteiger charge is -2.18. The van der Waals surface area contributed by atoms with Gasteiger partial charge in [-0.1, -0.05) is 17.3 Å². The second-order valence-electron chi connectivity index (χ2n) is 6.00. The average molecular weight is 316 g/mol. The third-order valence-electron chi connectivity index (χ3n) is 4.14. The van der Waals surface area contributed by atoms with Crippen LogP contribution in [0.25, 0.3) is 0 Å². The molecule has 5 heteroatoms. The molecule has 1 fully saturated rings. The van der Waals surface area contributed by atoms with Gasteiger partial charge in [0.2, 0.25) is 0 Å². The van der Waals surface area contributed by atoms with Crippen LogP contribution < -0.4 is 10.1 Å². The molecular formula is C18H24N2O3. The lowest BCUT2D eigenvalue weighted by atomic mass is 9.98. The van der Waals surface area contributed by atoms with Crippen LogP contribution in [0.2, 0.25) is 0 Å². The predicted octanol–water partition coefficient (Wildman–Crippen LogP) is 2.73. The second-order valence-corrected chi connectivity index (χ2v) is 6.00. The van der Waals surface area contributed by atoms with Crippen LogP contribution >= 0.6 is 0 Å². The Morgan fingerprint density at radius 2 is 2.09 bits per heavy atom. The van der Waals surface area contributed by atoms with Gasteiger partial charge in [-0.25, -0.2) is 0 Å². The molecule has 1 aromatic heterocycles. The standard InChI is InChI=1S/C18H24N2O3/c1-3-22-16-6-4-14(5-7-16)10-19-18-12-21-11-15(18)9-17-8-13(2)20-23-17/h4-8,15,18-19H,3,9-12H2,1-2H3/t15-,18-/m1/s1. The molecule has 0 radical (unpaired) electrons. The molecule has 1 aliphatic heterocycles. The van der Waals surface area contributed by atoms with Crippen molar-refractivity contribution in [3.63, 3.8) is 0 Å². The van der Waals surface area contributed by atoms with Crippen molar-refractivity contribution in [2.45, 2.75) is 32.9 Å². The van der Waals surface area contributed by atoms with Gasteiger partial charge in [-0.05, 0) is 31.5 Å². The molecule has 5 nitrogen and oxygen atoms in total. The first-order valence-electron chi connectivity index (χ1n) is 8.19. The normalized spacial score (nSPS) is 20.8. The molecule has 1 aromatic carbocycles. The van der Waals surface area contributed by atoms with Crippen molar-refractivity contribution >= 4 is 0 Å². The van der Waals surface area contributed by atoms with Gasteiger partial charge in [-0.3, -0.25) is 0 Å². The van der Waals surface area contributed by atoms with E-state index in [-0.39, 0.29) is 0 Å². The van der Waals surface area contributed by atoms with E-state index in [2.05, 4.69) is 22.6 Å². The highest BCUT2D eigenvalue weighted by Gasteiger charge is 2.29. The number of aryl methyl sites for hydroxylation is 1. The number of aromatic nitrogens is 1. The quantitative estimate of drug-likeness (QED) is 0.851. The Morgan fingerprint density at radius 3 is 2.78 bits per heavy atom. The monoisotopic (exact) mass is 316 g/mol. The van der Waals surface area contributed by atoms with E-state index in [1.165, 1.54) is 5.56 Å². The Hall–Kier alpha value is -1.85. The zero-order valence-corrected chi connectivity index (χ0v) is 13.7. The smallest absolute Gasteiger partial charge is 0.137 e. The van der Waals surface area contributed by atoms with Crippen LogP contribution in [0.5, 0.6) is 5.75 Å². The molecule has 0 spiro atoms. The van der Waals surface area contributed by atoms with E-state index in [1.54, 1.807) is 0 Å². The topological polar surface area (TPSA) is 56.5 Å². The van der Waals surface area contributed by atoms with Crippen LogP contribution in [-0.4, -0.2) is 31.0 Å². The van der Waals surface area contributed by atoms with Gasteiger partial charge in [0.25, 0.3) is 0 Å². The Morgan fingerprint density at radius 1 is 1.26 bits per heavy atom. The van der Waals surface area contributed by atoms with E-state index in [0.29, 0.717) is 18.6 Å². The number of hydrogen-bond acceptors (Lipinski definition) is 5. The van der Waals surface area contributed by atoms with Gasteiger partial charge < -0.3 is 19.3 Å². The number of ether oxygens (including phenoxy) is 2. The fourth-order valence-corrected chi connectivity index (χ4v) is 2.92. The molecule has 23 heavy (non-hydrogen) atoms. The van der Waals surface area contributed by atoms with E-state index in [1.807, 2.05) is 32.0 Å². The molecule has 0 bridgehead atoms. The Balaban J connectivity index is 1.52. The Kier molecular flexibility index (Phi) is 5.31. The highest BCUT2D eigenvalue weighted by Crippen LogP contribution is 2.20. The van der Waals surface area contributed by atoms with Crippen molar-refractivity contribution in [1.82, 2.24) is 10.5 Å². The van der Waals surface area contributed by atoms with E-state index < -0.39 is 0 Å². The summed E-state index contributed by atoms with van der Waals surface area (Å²) < 4.78 is 16.4. The maximum atomic E-state index is 5.64. The zero-order chi connectivity index (χ0) is 16.1. The highest BCUT2D eigenvalue weighted by molar-refractivity contribution is 5.27. The van der Waals surface area contributed by atoms with Gasteiger partial charge in [-0.15, -0.1) is 0 Å². The largest absolute Gasteiger partial charge is 0.494 e. The number of nitrogens with one attached hydrogen (secondary N) is 1. The SMILES string of the molecule is CCOc1ccc(CN[C@@H]2COC[C@H]2Cc2cc(C)no2)cc1. The number of rotatable bonds is 7. The molecule has 0 saturated carbocycles. The third kappa shape index (κ3) is 4.33. The minimum absolute atomic E-state index is 0.340. The molecule has 2 atom stereocenters. The maximum Gasteiger partial charge on any atom is 0.137 e. The molecule has 1 aliphatic rings. The van der Waals surface area contributed by atoms with Crippen molar-refractivity contribution in [3.05, 3.63) is 47.3 Å².